The van der Waals surface area contributed by atoms with E-state index in [1.54, 1.807) is 6.20 Å². The van der Waals surface area contributed by atoms with Crippen molar-refractivity contribution >= 4 is 28.5 Å². The highest BCUT2D eigenvalue weighted by atomic mass is 35.5. The molecule has 2 aromatic heterocycles. The third kappa shape index (κ3) is 4.71. The molecule has 0 amide bonds. The SMILES string of the molecule is NC1CCC(Nc2cc(-c3ccc4ncn(CC5CCOCC5)c4c3)c(Cl)cn2)CC1. The fraction of sp³-hybridized carbons (Fsp3) is 0.500. The maximum Gasteiger partial charge on any atom is 0.126 e. The molecule has 0 bridgehead atoms. The van der Waals surface area contributed by atoms with E-state index in [1.807, 2.05) is 6.33 Å². The van der Waals surface area contributed by atoms with Crippen LogP contribution >= 0.6 is 11.6 Å². The molecule has 1 aliphatic heterocycles. The number of ether oxygens (including phenoxy) is 1. The summed E-state index contributed by atoms with van der Waals surface area (Å²) in [5.41, 5.74) is 10.3. The lowest BCUT2D eigenvalue weighted by molar-refractivity contribution is 0.0616. The van der Waals surface area contributed by atoms with Gasteiger partial charge in [-0.2, -0.15) is 0 Å². The molecule has 0 unspecified atom stereocenters. The number of halogens is 1. The zero-order chi connectivity index (χ0) is 21.2. The molecule has 1 saturated heterocycles. The van der Waals surface area contributed by atoms with Crippen molar-refractivity contribution in [2.24, 2.45) is 11.7 Å². The van der Waals surface area contributed by atoms with Crippen LogP contribution in [0.1, 0.15) is 38.5 Å². The molecule has 3 heterocycles. The van der Waals surface area contributed by atoms with Gasteiger partial charge in [0.2, 0.25) is 0 Å². The monoisotopic (exact) mass is 439 g/mol. The summed E-state index contributed by atoms with van der Waals surface area (Å²) in [6.45, 7) is 2.69. The number of rotatable bonds is 5. The fourth-order valence-corrected chi connectivity index (χ4v) is 5.00. The van der Waals surface area contributed by atoms with Crippen LogP contribution in [0.5, 0.6) is 0 Å². The zero-order valence-electron chi connectivity index (χ0n) is 17.8. The Labute approximate surface area is 188 Å². The number of nitrogens with zero attached hydrogens (tertiary/aromatic N) is 3. The molecule has 3 N–H and O–H groups in total. The molecule has 2 fully saturated rings. The van der Waals surface area contributed by atoms with Gasteiger partial charge >= 0.3 is 0 Å². The quantitative estimate of drug-likeness (QED) is 0.593. The van der Waals surface area contributed by atoms with Crippen LogP contribution in [0, 0.1) is 5.92 Å². The number of aromatic nitrogens is 3. The standard InChI is InChI=1S/C24H30ClN5O/c25-21-13-27-24(29-19-4-2-18(26)3-5-19)12-20(21)17-1-6-22-23(11-17)30(15-28-22)14-16-7-9-31-10-8-16/h1,6,11-13,15-16,18-19H,2-5,7-10,14,26H2,(H,27,29). The first-order valence-corrected chi connectivity index (χ1v) is 11.7. The van der Waals surface area contributed by atoms with Gasteiger partial charge < -0.3 is 20.4 Å². The highest BCUT2D eigenvalue weighted by Gasteiger charge is 2.20. The van der Waals surface area contributed by atoms with Crippen LogP contribution in [-0.4, -0.2) is 39.8 Å². The van der Waals surface area contributed by atoms with Gasteiger partial charge in [-0.15, -0.1) is 0 Å². The second-order valence-electron chi connectivity index (χ2n) is 8.96. The van der Waals surface area contributed by atoms with E-state index in [0.717, 1.165) is 86.3 Å². The summed E-state index contributed by atoms with van der Waals surface area (Å²) in [5.74, 6) is 1.51. The lowest BCUT2D eigenvalue weighted by Crippen LogP contribution is -2.33. The van der Waals surface area contributed by atoms with Crippen LogP contribution in [-0.2, 0) is 11.3 Å². The summed E-state index contributed by atoms with van der Waals surface area (Å²) >= 11 is 6.57. The van der Waals surface area contributed by atoms with E-state index in [1.165, 1.54) is 0 Å². The number of pyridine rings is 1. The predicted octanol–water partition coefficient (Wildman–Crippen LogP) is 4.86. The van der Waals surface area contributed by atoms with E-state index in [4.69, 9.17) is 22.1 Å². The third-order valence-electron chi connectivity index (χ3n) is 6.71. The Bertz CT molecular complexity index is 1040. The van der Waals surface area contributed by atoms with Crippen LogP contribution in [0.15, 0.2) is 36.8 Å². The molecule has 0 radical (unpaired) electrons. The summed E-state index contributed by atoms with van der Waals surface area (Å²) < 4.78 is 7.78. The zero-order valence-corrected chi connectivity index (χ0v) is 18.5. The van der Waals surface area contributed by atoms with Crippen LogP contribution < -0.4 is 11.1 Å². The highest BCUT2D eigenvalue weighted by molar-refractivity contribution is 6.33. The van der Waals surface area contributed by atoms with Gasteiger partial charge in [-0.25, -0.2) is 9.97 Å². The van der Waals surface area contributed by atoms with Crippen LogP contribution in [0.2, 0.25) is 5.02 Å². The normalized spacial score (nSPS) is 22.6. The van der Waals surface area contributed by atoms with Crippen molar-refractivity contribution in [3.05, 3.63) is 41.8 Å². The van der Waals surface area contributed by atoms with Crippen LogP contribution in [0.4, 0.5) is 5.82 Å². The van der Waals surface area contributed by atoms with E-state index >= 15 is 0 Å². The first kappa shape index (κ1) is 20.7. The number of hydrogen-bond acceptors (Lipinski definition) is 5. The predicted molar refractivity (Wildman–Crippen MR) is 125 cm³/mol. The topological polar surface area (TPSA) is 78.0 Å². The Hall–Kier alpha value is -2.15. The first-order valence-electron chi connectivity index (χ1n) is 11.4. The Morgan fingerprint density at radius 2 is 1.87 bits per heavy atom. The molecule has 5 rings (SSSR count). The summed E-state index contributed by atoms with van der Waals surface area (Å²) in [6, 6.07) is 9.20. The van der Waals surface area contributed by atoms with E-state index in [9.17, 15) is 0 Å². The number of anilines is 1. The van der Waals surface area contributed by atoms with Crippen molar-refractivity contribution in [3.63, 3.8) is 0 Å². The van der Waals surface area contributed by atoms with E-state index in [2.05, 4.69) is 44.1 Å². The van der Waals surface area contributed by atoms with Crippen LogP contribution in [0.25, 0.3) is 22.2 Å². The van der Waals surface area contributed by atoms with Crippen molar-refractivity contribution in [1.82, 2.24) is 14.5 Å². The molecule has 1 aromatic carbocycles. The molecule has 3 aromatic rings. The van der Waals surface area contributed by atoms with Gasteiger partial charge in [0.25, 0.3) is 0 Å². The molecule has 31 heavy (non-hydrogen) atoms. The van der Waals surface area contributed by atoms with Crippen molar-refractivity contribution in [2.75, 3.05) is 18.5 Å². The number of benzene rings is 1. The maximum absolute atomic E-state index is 6.57. The smallest absolute Gasteiger partial charge is 0.126 e. The molecule has 6 nitrogen and oxygen atoms in total. The van der Waals surface area contributed by atoms with Gasteiger partial charge in [0.15, 0.2) is 0 Å². The number of fused-ring (bicyclic) bond motifs is 1. The van der Waals surface area contributed by atoms with Crippen molar-refractivity contribution in [2.45, 2.75) is 57.2 Å². The number of nitrogens with one attached hydrogen (secondary N) is 1. The largest absolute Gasteiger partial charge is 0.381 e. The Morgan fingerprint density at radius 1 is 1.06 bits per heavy atom. The Kier molecular flexibility index (Phi) is 6.12. The summed E-state index contributed by atoms with van der Waals surface area (Å²) in [5, 5.41) is 4.24. The summed E-state index contributed by atoms with van der Waals surface area (Å²) in [7, 11) is 0. The molecule has 1 saturated carbocycles. The minimum Gasteiger partial charge on any atom is -0.381 e. The van der Waals surface area contributed by atoms with Crippen molar-refractivity contribution in [3.8, 4) is 11.1 Å². The van der Waals surface area contributed by atoms with Crippen LogP contribution in [0.3, 0.4) is 0 Å². The van der Waals surface area contributed by atoms with Gasteiger partial charge in [-0.05, 0) is 68.2 Å². The van der Waals surface area contributed by atoms with E-state index < -0.39 is 0 Å². The van der Waals surface area contributed by atoms with Gasteiger partial charge in [0.05, 0.1) is 22.4 Å². The Balaban J connectivity index is 1.39. The molecular formula is C24H30ClN5O. The van der Waals surface area contributed by atoms with Crippen molar-refractivity contribution in [1.29, 1.82) is 0 Å². The molecule has 0 atom stereocenters. The molecule has 164 valence electrons. The fourth-order valence-electron chi connectivity index (χ4n) is 4.79. The molecule has 7 heteroatoms. The lowest BCUT2D eigenvalue weighted by Gasteiger charge is -2.27. The lowest BCUT2D eigenvalue weighted by atomic mass is 9.92. The molecule has 2 aliphatic rings. The number of imidazole rings is 1. The van der Waals surface area contributed by atoms with Gasteiger partial charge in [0.1, 0.15) is 5.82 Å². The second kappa shape index (κ2) is 9.15. The summed E-state index contributed by atoms with van der Waals surface area (Å²) in [6.07, 6.45) is 10.2. The minimum atomic E-state index is 0.338. The van der Waals surface area contributed by atoms with Crippen molar-refractivity contribution < 1.29 is 4.74 Å². The van der Waals surface area contributed by atoms with E-state index in [-0.39, 0.29) is 0 Å². The average Bonchev–Trinajstić information content (AvgIpc) is 3.19. The van der Waals surface area contributed by atoms with E-state index in [0.29, 0.717) is 23.0 Å². The minimum absolute atomic E-state index is 0.338. The number of hydrogen-bond donors (Lipinski definition) is 2. The van der Waals surface area contributed by atoms with Gasteiger partial charge in [-0.1, -0.05) is 17.7 Å². The molecule has 0 spiro atoms. The Morgan fingerprint density at radius 3 is 2.68 bits per heavy atom. The first-order chi connectivity index (χ1) is 15.2. The number of nitrogens with two attached hydrogens (primary N) is 1. The van der Waals surface area contributed by atoms with Gasteiger partial charge in [0, 0.05) is 43.6 Å². The molecular weight excluding hydrogens is 410 g/mol. The van der Waals surface area contributed by atoms with Gasteiger partial charge in [-0.3, -0.25) is 0 Å². The summed E-state index contributed by atoms with van der Waals surface area (Å²) in [4.78, 5) is 9.13. The third-order valence-corrected chi connectivity index (χ3v) is 7.01. The average molecular weight is 440 g/mol. The maximum atomic E-state index is 6.57. The second-order valence-corrected chi connectivity index (χ2v) is 9.37. The highest BCUT2D eigenvalue weighted by Crippen LogP contribution is 2.32. The molecule has 1 aliphatic carbocycles.